The maximum absolute atomic E-state index is 13.0. The summed E-state index contributed by atoms with van der Waals surface area (Å²) in [4.78, 5) is 7.76. The zero-order valence-electron chi connectivity index (χ0n) is 12.5. The van der Waals surface area contributed by atoms with Crippen LogP contribution < -0.4 is 10.2 Å². The topological polar surface area (TPSA) is 37.4 Å². The van der Waals surface area contributed by atoms with Gasteiger partial charge in [0.2, 0.25) is 0 Å². The van der Waals surface area contributed by atoms with Gasteiger partial charge in [0.05, 0.1) is 12.3 Å². The molecule has 0 atom stereocenters. The lowest BCUT2D eigenvalue weighted by Crippen LogP contribution is -2.18. The van der Waals surface area contributed by atoms with Crippen LogP contribution in [0.3, 0.4) is 0 Å². The van der Waals surface area contributed by atoms with E-state index in [4.69, 9.17) is 4.74 Å². The molecule has 0 bridgehead atoms. The number of ether oxygens (including phenoxy) is 1. The molecule has 114 valence electrons. The van der Waals surface area contributed by atoms with Gasteiger partial charge in [-0.1, -0.05) is 11.3 Å². The number of aryl methyl sites for hydroxylation is 1. The van der Waals surface area contributed by atoms with Crippen LogP contribution in [-0.4, -0.2) is 32.3 Å². The number of nitrogens with zero attached hydrogens (tertiary/aromatic N) is 2. The summed E-state index contributed by atoms with van der Waals surface area (Å²) in [5, 5.41) is 4.23. The van der Waals surface area contributed by atoms with Crippen LogP contribution in [0, 0.1) is 12.7 Å². The lowest BCUT2D eigenvalue weighted by atomic mass is 10.3. The molecule has 0 aliphatic rings. The third-order valence-electron chi connectivity index (χ3n) is 3.15. The predicted octanol–water partition coefficient (Wildman–Crippen LogP) is 3.09. The molecule has 4 nitrogen and oxygen atoms in total. The summed E-state index contributed by atoms with van der Waals surface area (Å²) >= 11 is 1.64. The molecular formula is C15H20FN3OS. The highest BCUT2D eigenvalue weighted by Crippen LogP contribution is 2.30. The van der Waals surface area contributed by atoms with Gasteiger partial charge in [-0.15, -0.1) is 0 Å². The molecule has 1 aromatic carbocycles. The van der Waals surface area contributed by atoms with E-state index >= 15 is 0 Å². The van der Waals surface area contributed by atoms with Gasteiger partial charge in [0.25, 0.3) is 0 Å². The Kier molecular flexibility index (Phi) is 5.67. The molecule has 0 aliphatic carbocycles. The fourth-order valence-corrected chi connectivity index (χ4v) is 2.88. The van der Waals surface area contributed by atoms with Crippen LogP contribution in [0.4, 0.5) is 15.2 Å². The van der Waals surface area contributed by atoms with E-state index in [2.05, 4.69) is 10.3 Å². The van der Waals surface area contributed by atoms with E-state index in [1.165, 1.54) is 17.0 Å². The quantitative estimate of drug-likeness (QED) is 0.798. The predicted molar refractivity (Wildman–Crippen MR) is 84.9 cm³/mol. The van der Waals surface area contributed by atoms with Crippen LogP contribution in [0.2, 0.25) is 0 Å². The van der Waals surface area contributed by atoms with E-state index in [1.807, 2.05) is 18.9 Å². The first-order chi connectivity index (χ1) is 10.1. The van der Waals surface area contributed by atoms with Crippen LogP contribution in [0.25, 0.3) is 0 Å². The molecule has 0 fully saturated rings. The van der Waals surface area contributed by atoms with E-state index in [1.54, 1.807) is 30.6 Å². The minimum Gasteiger partial charge on any atom is -0.383 e. The number of methoxy groups -OCH3 is 1. The normalized spacial score (nSPS) is 10.9. The Hall–Kier alpha value is -1.50. The minimum atomic E-state index is -0.231. The molecule has 21 heavy (non-hydrogen) atoms. The van der Waals surface area contributed by atoms with Crippen molar-refractivity contribution in [2.45, 2.75) is 13.5 Å². The van der Waals surface area contributed by atoms with E-state index in [-0.39, 0.29) is 5.82 Å². The summed E-state index contributed by atoms with van der Waals surface area (Å²) in [6, 6.07) is 6.42. The van der Waals surface area contributed by atoms with E-state index < -0.39 is 0 Å². The van der Waals surface area contributed by atoms with Gasteiger partial charge in [0, 0.05) is 37.8 Å². The Morgan fingerprint density at radius 2 is 2.05 bits per heavy atom. The number of thiazole rings is 1. The molecule has 0 radical (unpaired) electrons. The van der Waals surface area contributed by atoms with Gasteiger partial charge in [0.1, 0.15) is 5.82 Å². The molecule has 0 unspecified atom stereocenters. The molecule has 1 aromatic heterocycles. The Balaban J connectivity index is 2.05. The van der Waals surface area contributed by atoms with Gasteiger partial charge in [-0.25, -0.2) is 9.37 Å². The van der Waals surface area contributed by atoms with Crippen molar-refractivity contribution in [3.63, 3.8) is 0 Å². The molecule has 2 rings (SSSR count). The zero-order chi connectivity index (χ0) is 15.2. The Bertz CT molecular complexity index is 571. The molecule has 0 aliphatic heterocycles. The van der Waals surface area contributed by atoms with E-state index in [0.717, 1.165) is 29.6 Å². The Morgan fingerprint density at radius 3 is 2.71 bits per heavy atom. The summed E-state index contributed by atoms with van der Waals surface area (Å²) in [6.45, 7) is 4.30. The van der Waals surface area contributed by atoms with Crippen molar-refractivity contribution in [1.82, 2.24) is 10.3 Å². The van der Waals surface area contributed by atoms with Crippen molar-refractivity contribution in [3.8, 4) is 0 Å². The van der Waals surface area contributed by atoms with Crippen molar-refractivity contribution in [3.05, 3.63) is 40.7 Å². The second-order valence-corrected chi connectivity index (χ2v) is 5.77. The van der Waals surface area contributed by atoms with Gasteiger partial charge >= 0.3 is 0 Å². The van der Waals surface area contributed by atoms with Gasteiger partial charge in [0.15, 0.2) is 5.13 Å². The van der Waals surface area contributed by atoms with Gasteiger partial charge in [-0.2, -0.15) is 0 Å². The third kappa shape index (κ3) is 4.23. The van der Waals surface area contributed by atoms with Crippen LogP contribution in [0.15, 0.2) is 24.3 Å². The van der Waals surface area contributed by atoms with Crippen LogP contribution in [0.1, 0.15) is 10.6 Å². The first-order valence-corrected chi connectivity index (χ1v) is 7.58. The van der Waals surface area contributed by atoms with Crippen LogP contribution in [0.5, 0.6) is 0 Å². The number of nitrogens with one attached hydrogen (secondary N) is 1. The Labute approximate surface area is 128 Å². The highest BCUT2D eigenvalue weighted by Gasteiger charge is 2.12. The average Bonchev–Trinajstić information content (AvgIpc) is 2.85. The first kappa shape index (κ1) is 15.9. The smallest absolute Gasteiger partial charge is 0.190 e. The highest BCUT2D eigenvalue weighted by molar-refractivity contribution is 7.15. The fraction of sp³-hybridized carbons (Fsp3) is 0.400. The van der Waals surface area contributed by atoms with Crippen molar-refractivity contribution in [2.24, 2.45) is 0 Å². The molecule has 2 aromatic rings. The third-order valence-corrected chi connectivity index (χ3v) is 4.38. The molecule has 0 saturated carbocycles. The molecular weight excluding hydrogens is 289 g/mol. The van der Waals surface area contributed by atoms with Gasteiger partial charge < -0.3 is 15.0 Å². The number of halogens is 1. The number of rotatable bonds is 7. The molecule has 0 saturated heterocycles. The molecule has 0 amide bonds. The minimum absolute atomic E-state index is 0.231. The largest absolute Gasteiger partial charge is 0.383 e. The SMILES string of the molecule is COCCNCc1sc(N(C)c2ccc(F)cc2)nc1C. The molecule has 0 spiro atoms. The number of benzene rings is 1. The van der Waals surface area contributed by atoms with Gasteiger partial charge in [-0.3, -0.25) is 0 Å². The van der Waals surface area contributed by atoms with Crippen molar-refractivity contribution in [2.75, 3.05) is 32.2 Å². The second kappa shape index (κ2) is 7.49. The number of hydrogen-bond donors (Lipinski definition) is 1. The summed E-state index contributed by atoms with van der Waals surface area (Å²) in [7, 11) is 3.63. The maximum Gasteiger partial charge on any atom is 0.190 e. The van der Waals surface area contributed by atoms with Crippen molar-refractivity contribution >= 4 is 22.2 Å². The fourth-order valence-electron chi connectivity index (χ4n) is 1.87. The average molecular weight is 309 g/mol. The maximum atomic E-state index is 13.0. The number of anilines is 2. The van der Waals surface area contributed by atoms with Crippen molar-refractivity contribution in [1.29, 1.82) is 0 Å². The standard InChI is InChI=1S/C15H20FN3OS/c1-11-14(10-17-8-9-20-3)21-15(18-11)19(2)13-6-4-12(16)5-7-13/h4-7,17H,8-10H2,1-3H3. The molecule has 1 N–H and O–H groups in total. The molecule has 1 heterocycles. The van der Waals surface area contributed by atoms with Crippen LogP contribution in [-0.2, 0) is 11.3 Å². The van der Waals surface area contributed by atoms with Crippen molar-refractivity contribution < 1.29 is 9.13 Å². The first-order valence-electron chi connectivity index (χ1n) is 6.77. The van der Waals surface area contributed by atoms with E-state index in [0.29, 0.717) is 6.61 Å². The lowest BCUT2D eigenvalue weighted by molar-refractivity contribution is 0.199. The molecule has 6 heteroatoms. The Morgan fingerprint density at radius 1 is 1.33 bits per heavy atom. The number of hydrogen-bond acceptors (Lipinski definition) is 5. The summed E-state index contributed by atoms with van der Waals surface area (Å²) in [5.41, 5.74) is 1.94. The van der Waals surface area contributed by atoms with Gasteiger partial charge in [-0.05, 0) is 31.2 Å². The zero-order valence-corrected chi connectivity index (χ0v) is 13.3. The second-order valence-electron chi connectivity index (χ2n) is 4.71. The highest BCUT2D eigenvalue weighted by atomic mass is 32.1. The summed E-state index contributed by atoms with van der Waals surface area (Å²) in [5.74, 6) is -0.231. The lowest BCUT2D eigenvalue weighted by Gasteiger charge is -2.15. The van der Waals surface area contributed by atoms with E-state index in [9.17, 15) is 4.39 Å². The van der Waals surface area contributed by atoms with Crippen LogP contribution >= 0.6 is 11.3 Å². The number of aromatic nitrogens is 1. The monoisotopic (exact) mass is 309 g/mol. The summed E-state index contributed by atoms with van der Waals surface area (Å²) in [6.07, 6.45) is 0. The summed E-state index contributed by atoms with van der Waals surface area (Å²) < 4.78 is 18.0.